The third-order valence-electron chi connectivity index (χ3n) is 2.94. The van der Waals surface area contributed by atoms with Crippen molar-refractivity contribution in [2.75, 3.05) is 14.2 Å². The molecule has 0 atom stereocenters. The van der Waals surface area contributed by atoms with Gasteiger partial charge in [0.25, 0.3) is 0 Å². The van der Waals surface area contributed by atoms with Crippen molar-refractivity contribution in [3.8, 4) is 22.9 Å². The Morgan fingerprint density at radius 2 is 2.00 bits per heavy atom. The lowest BCUT2D eigenvalue weighted by Crippen LogP contribution is -2.00. The largest absolute Gasteiger partial charge is 0.492 e. The van der Waals surface area contributed by atoms with Gasteiger partial charge >= 0.3 is 0 Å². The summed E-state index contributed by atoms with van der Waals surface area (Å²) in [7, 11) is 3.11. The van der Waals surface area contributed by atoms with Gasteiger partial charge in [-0.3, -0.25) is 0 Å². The third-order valence-corrected chi connectivity index (χ3v) is 3.22. The molecule has 7 heteroatoms. The molecule has 0 amide bonds. The van der Waals surface area contributed by atoms with Crippen molar-refractivity contribution < 1.29 is 14.0 Å². The zero-order chi connectivity index (χ0) is 14.7. The molecule has 0 saturated carbocycles. The van der Waals surface area contributed by atoms with E-state index in [4.69, 9.17) is 31.3 Å². The van der Waals surface area contributed by atoms with Crippen LogP contribution in [0.2, 0.25) is 5.02 Å². The number of benzene rings is 1. The molecule has 6 nitrogen and oxygen atoms in total. The monoisotopic (exact) mass is 297 g/mol. The first-order valence-corrected chi connectivity index (χ1v) is 6.50. The van der Waals surface area contributed by atoms with Crippen LogP contribution in [0, 0.1) is 0 Å². The Morgan fingerprint density at radius 3 is 2.50 bits per heavy atom. The summed E-state index contributed by atoms with van der Waals surface area (Å²) >= 11 is 6.22. The van der Waals surface area contributed by atoms with Gasteiger partial charge in [-0.15, -0.1) is 0 Å². The lowest BCUT2D eigenvalue weighted by atomic mass is 10.0. The van der Waals surface area contributed by atoms with Crippen LogP contribution in [0.3, 0.4) is 0 Å². The summed E-state index contributed by atoms with van der Waals surface area (Å²) in [4.78, 5) is 4.22. The maximum Gasteiger partial charge on any atom is 0.240 e. The van der Waals surface area contributed by atoms with Crippen molar-refractivity contribution in [1.82, 2.24) is 10.1 Å². The summed E-state index contributed by atoms with van der Waals surface area (Å²) in [5.74, 6) is 1.88. The Morgan fingerprint density at radius 1 is 1.30 bits per heavy atom. The maximum absolute atomic E-state index is 6.22. The summed E-state index contributed by atoms with van der Waals surface area (Å²) in [6.07, 6.45) is 0.707. The number of aromatic nitrogens is 2. The molecule has 0 aliphatic rings. The molecule has 20 heavy (non-hydrogen) atoms. The van der Waals surface area contributed by atoms with Crippen LogP contribution in [-0.2, 0) is 13.0 Å². The van der Waals surface area contributed by atoms with Gasteiger partial charge in [0.1, 0.15) is 0 Å². The first-order valence-electron chi connectivity index (χ1n) is 6.12. The summed E-state index contributed by atoms with van der Waals surface area (Å²) < 4.78 is 15.7. The van der Waals surface area contributed by atoms with E-state index in [2.05, 4.69) is 10.1 Å². The van der Waals surface area contributed by atoms with Crippen molar-refractivity contribution >= 4 is 11.6 Å². The smallest absolute Gasteiger partial charge is 0.240 e. The van der Waals surface area contributed by atoms with Crippen molar-refractivity contribution in [3.05, 3.63) is 22.5 Å². The van der Waals surface area contributed by atoms with Crippen LogP contribution >= 0.6 is 11.6 Å². The van der Waals surface area contributed by atoms with E-state index in [1.165, 1.54) is 0 Å². The predicted octanol–water partition coefficient (Wildman–Crippen LogP) is 2.43. The van der Waals surface area contributed by atoms with E-state index in [0.717, 1.165) is 11.1 Å². The number of rotatable bonds is 5. The highest BCUT2D eigenvalue weighted by Gasteiger charge is 2.21. The normalized spacial score (nSPS) is 10.7. The standard InChI is InChI=1S/C13H16ClN3O3/c1-4-7-8(13-16-10(6-15)20-17-13)5-9(14)12(19-3)11(7)18-2/h5H,4,6,15H2,1-3H3. The molecule has 2 N–H and O–H groups in total. The van der Waals surface area contributed by atoms with E-state index in [-0.39, 0.29) is 6.54 Å². The van der Waals surface area contributed by atoms with Gasteiger partial charge in [0.2, 0.25) is 11.7 Å². The average molecular weight is 298 g/mol. The number of nitrogens with two attached hydrogens (primary N) is 1. The first kappa shape index (κ1) is 14.6. The Bertz CT molecular complexity index is 613. The molecular weight excluding hydrogens is 282 g/mol. The van der Waals surface area contributed by atoms with Crippen molar-refractivity contribution in [1.29, 1.82) is 0 Å². The van der Waals surface area contributed by atoms with Gasteiger partial charge < -0.3 is 19.7 Å². The second kappa shape index (κ2) is 6.11. The van der Waals surface area contributed by atoms with Crippen LogP contribution in [0.25, 0.3) is 11.4 Å². The minimum atomic E-state index is 0.190. The van der Waals surface area contributed by atoms with Crippen LogP contribution in [0.1, 0.15) is 18.4 Å². The van der Waals surface area contributed by atoms with E-state index in [1.807, 2.05) is 6.92 Å². The van der Waals surface area contributed by atoms with E-state index in [1.54, 1.807) is 20.3 Å². The minimum Gasteiger partial charge on any atom is -0.492 e. The first-order chi connectivity index (χ1) is 9.65. The second-order valence-electron chi connectivity index (χ2n) is 4.02. The lowest BCUT2D eigenvalue weighted by Gasteiger charge is -2.15. The molecule has 1 aromatic carbocycles. The van der Waals surface area contributed by atoms with Crippen LogP contribution in [-0.4, -0.2) is 24.4 Å². The Labute approximate surface area is 121 Å². The number of methoxy groups -OCH3 is 2. The Hall–Kier alpha value is -1.79. The number of hydrogen-bond donors (Lipinski definition) is 1. The molecule has 1 aromatic heterocycles. The lowest BCUT2D eigenvalue weighted by molar-refractivity contribution is 0.352. The van der Waals surface area contributed by atoms with E-state index < -0.39 is 0 Å². The van der Waals surface area contributed by atoms with Gasteiger partial charge in [0.15, 0.2) is 11.5 Å². The quantitative estimate of drug-likeness (QED) is 0.912. The van der Waals surface area contributed by atoms with E-state index in [0.29, 0.717) is 34.7 Å². The molecule has 0 aliphatic heterocycles. The summed E-state index contributed by atoms with van der Waals surface area (Å²) in [6, 6.07) is 1.74. The molecular formula is C13H16ClN3O3. The minimum absolute atomic E-state index is 0.190. The molecule has 0 aliphatic carbocycles. The van der Waals surface area contributed by atoms with Crippen molar-refractivity contribution in [2.24, 2.45) is 5.73 Å². The summed E-state index contributed by atoms with van der Waals surface area (Å²) in [5.41, 5.74) is 7.13. The fraction of sp³-hybridized carbons (Fsp3) is 0.385. The number of ether oxygens (including phenoxy) is 2. The Balaban J connectivity index is 2.66. The summed E-state index contributed by atoms with van der Waals surface area (Å²) in [6.45, 7) is 2.19. The zero-order valence-corrected chi connectivity index (χ0v) is 12.3. The topological polar surface area (TPSA) is 83.4 Å². The van der Waals surface area contributed by atoms with Crippen LogP contribution in [0.5, 0.6) is 11.5 Å². The average Bonchev–Trinajstić information content (AvgIpc) is 2.94. The molecule has 0 radical (unpaired) electrons. The highest BCUT2D eigenvalue weighted by atomic mass is 35.5. The van der Waals surface area contributed by atoms with Gasteiger partial charge in [0, 0.05) is 11.1 Å². The molecule has 0 fully saturated rings. The number of halogens is 1. The predicted molar refractivity (Wildman–Crippen MR) is 75.1 cm³/mol. The van der Waals surface area contributed by atoms with Crippen LogP contribution in [0.15, 0.2) is 10.6 Å². The van der Waals surface area contributed by atoms with Crippen LogP contribution in [0.4, 0.5) is 0 Å². The van der Waals surface area contributed by atoms with Gasteiger partial charge in [-0.1, -0.05) is 23.7 Å². The SMILES string of the molecule is CCc1c(-c2noc(CN)n2)cc(Cl)c(OC)c1OC. The van der Waals surface area contributed by atoms with Gasteiger partial charge in [-0.25, -0.2) is 0 Å². The van der Waals surface area contributed by atoms with Crippen molar-refractivity contribution in [2.45, 2.75) is 19.9 Å². The number of hydrogen-bond acceptors (Lipinski definition) is 6. The van der Waals surface area contributed by atoms with E-state index in [9.17, 15) is 0 Å². The highest BCUT2D eigenvalue weighted by molar-refractivity contribution is 6.32. The molecule has 0 saturated heterocycles. The fourth-order valence-corrected chi connectivity index (χ4v) is 2.32. The van der Waals surface area contributed by atoms with E-state index >= 15 is 0 Å². The second-order valence-corrected chi connectivity index (χ2v) is 4.43. The molecule has 0 bridgehead atoms. The van der Waals surface area contributed by atoms with Crippen LogP contribution < -0.4 is 15.2 Å². The molecule has 1 heterocycles. The van der Waals surface area contributed by atoms with Gasteiger partial charge in [-0.05, 0) is 12.5 Å². The fourth-order valence-electron chi connectivity index (χ4n) is 2.05. The highest BCUT2D eigenvalue weighted by Crippen LogP contribution is 2.43. The number of nitrogens with zero attached hydrogens (tertiary/aromatic N) is 2. The summed E-state index contributed by atoms with van der Waals surface area (Å²) in [5, 5.41) is 4.34. The molecule has 2 rings (SSSR count). The zero-order valence-electron chi connectivity index (χ0n) is 11.6. The van der Waals surface area contributed by atoms with Crippen molar-refractivity contribution in [3.63, 3.8) is 0 Å². The molecule has 0 unspecified atom stereocenters. The molecule has 2 aromatic rings. The molecule has 0 spiro atoms. The Kier molecular flexibility index (Phi) is 4.46. The third kappa shape index (κ3) is 2.44. The maximum atomic E-state index is 6.22. The van der Waals surface area contributed by atoms with Gasteiger partial charge in [0.05, 0.1) is 25.8 Å². The molecule has 108 valence electrons. The van der Waals surface area contributed by atoms with Gasteiger partial charge in [-0.2, -0.15) is 4.98 Å².